The molecule has 0 spiro atoms. The van der Waals surface area contributed by atoms with Crippen LogP contribution in [-0.4, -0.2) is 28.9 Å². The zero-order valence-corrected chi connectivity index (χ0v) is 15.3. The summed E-state index contributed by atoms with van der Waals surface area (Å²) in [6.45, 7) is 7.21. The lowest BCUT2D eigenvalue weighted by molar-refractivity contribution is -0.121. The number of aromatic nitrogens is 2. The lowest BCUT2D eigenvalue weighted by Gasteiger charge is -2.16. The van der Waals surface area contributed by atoms with Crippen molar-refractivity contribution in [2.24, 2.45) is 7.05 Å². The molecule has 1 N–H and O–H groups in total. The lowest BCUT2D eigenvalue weighted by Crippen LogP contribution is -2.28. The number of benzene rings is 1. The topological polar surface area (TPSA) is 65.4 Å². The van der Waals surface area contributed by atoms with Crippen LogP contribution in [0.3, 0.4) is 0 Å². The largest absolute Gasteiger partial charge is 0.490 e. The third-order valence-corrected chi connectivity index (χ3v) is 4.65. The summed E-state index contributed by atoms with van der Waals surface area (Å²) >= 11 is 0. The molecule has 0 aliphatic carbocycles. The molecule has 6 heteroatoms. The van der Waals surface area contributed by atoms with Crippen LogP contribution < -0.4 is 14.8 Å². The number of aryl methyl sites for hydroxylation is 2. The Hall–Kier alpha value is -2.50. The van der Waals surface area contributed by atoms with E-state index in [9.17, 15) is 4.79 Å². The Balaban J connectivity index is 1.68. The van der Waals surface area contributed by atoms with Gasteiger partial charge in [-0.2, -0.15) is 5.10 Å². The minimum atomic E-state index is -0.109. The maximum absolute atomic E-state index is 12.4. The smallest absolute Gasteiger partial charge is 0.225 e. The number of carbonyl (C=O) groups excluding carboxylic acids is 1. The Kier molecular flexibility index (Phi) is 4.97. The number of amides is 1. The van der Waals surface area contributed by atoms with Gasteiger partial charge in [0.05, 0.1) is 31.4 Å². The molecule has 0 fully saturated rings. The van der Waals surface area contributed by atoms with Gasteiger partial charge < -0.3 is 14.8 Å². The summed E-state index contributed by atoms with van der Waals surface area (Å²) in [5, 5.41) is 7.42. The average Bonchev–Trinajstić information content (AvgIpc) is 2.76. The third-order valence-electron chi connectivity index (χ3n) is 4.65. The van der Waals surface area contributed by atoms with Crippen LogP contribution in [0.2, 0.25) is 0 Å². The molecule has 2 heterocycles. The van der Waals surface area contributed by atoms with Gasteiger partial charge in [-0.05, 0) is 38.5 Å². The highest BCUT2D eigenvalue weighted by atomic mass is 16.5. The third kappa shape index (κ3) is 3.78. The van der Waals surface area contributed by atoms with Crippen LogP contribution in [0.4, 0.5) is 0 Å². The van der Waals surface area contributed by atoms with Crippen molar-refractivity contribution in [3.05, 3.63) is 40.7 Å². The van der Waals surface area contributed by atoms with E-state index < -0.39 is 0 Å². The molecule has 134 valence electrons. The molecule has 0 unspecified atom stereocenters. The van der Waals surface area contributed by atoms with E-state index in [-0.39, 0.29) is 11.9 Å². The first-order chi connectivity index (χ1) is 12.0. The predicted octanol–water partition coefficient (Wildman–Crippen LogP) is 2.62. The minimum Gasteiger partial charge on any atom is -0.490 e. The van der Waals surface area contributed by atoms with Crippen LogP contribution in [0.1, 0.15) is 41.9 Å². The van der Waals surface area contributed by atoms with Crippen LogP contribution >= 0.6 is 0 Å². The second kappa shape index (κ2) is 7.17. The van der Waals surface area contributed by atoms with E-state index in [1.54, 1.807) is 0 Å². The first-order valence-electron chi connectivity index (χ1n) is 8.63. The van der Waals surface area contributed by atoms with Crippen LogP contribution in [0.15, 0.2) is 18.2 Å². The van der Waals surface area contributed by atoms with Crippen molar-refractivity contribution in [1.82, 2.24) is 15.1 Å². The van der Waals surface area contributed by atoms with Gasteiger partial charge in [-0.15, -0.1) is 0 Å². The molecule has 6 nitrogen and oxygen atoms in total. The second-order valence-electron chi connectivity index (χ2n) is 6.50. The molecule has 25 heavy (non-hydrogen) atoms. The number of hydrogen-bond donors (Lipinski definition) is 1. The summed E-state index contributed by atoms with van der Waals surface area (Å²) in [6.07, 6.45) is 1.21. The Labute approximate surface area is 148 Å². The SMILES string of the molecule is Cc1nn(C)c(C)c1CC(=O)N[C@H](C)c1ccc2c(c1)OCCCO2. The molecular weight excluding hydrogens is 318 g/mol. The number of rotatable bonds is 4. The zero-order valence-electron chi connectivity index (χ0n) is 15.3. The van der Waals surface area contributed by atoms with Crippen LogP contribution in [0.5, 0.6) is 11.5 Å². The van der Waals surface area contributed by atoms with Crippen molar-refractivity contribution in [2.75, 3.05) is 13.2 Å². The van der Waals surface area contributed by atoms with E-state index in [2.05, 4.69) is 10.4 Å². The van der Waals surface area contributed by atoms with Crippen molar-refractivity contribution >= 4 is 5.91 Å². The maximum atomic E-state index is 12.4. The minimum absolute atomic E-state index is 0.0150. The van der Waals surface area contributed by atoms with E-state index in [4.69, 9.17) is 9.47 Å². The van der Waals surface area contributed by atoms with Crippen LogP contribution in [-0.2, 0) is 18.3 Å². The number of carbonyl (C=O) groups is 1. The van der Waals surface area contributed by atoms with Crippen molar-refractivity contribution in [2.45, 2.75) is 39.7 Å². The molecule has 0 radical (unpaired) electrons. The van der Waals surface area contributed by atoms with Gasteiger partial charge in [-0.25, -0.2) is 0 Å². The number of ether oxygens (including phenoxy) is 2. The van der Waals surface area contributed by atoms with E-state index >= 15 is 0 Å². The number of fused-ring (bicyclic) bond motifs is 1. The Bertz CT molecular complexity index is 782. The van der Waals surface area contributed by atoms with E-state index in [1.165, 1.54) is 0 Å². The van der Waals surface area contributed by atoms with Gasteiger partial charge in [0.15, 0.2) is 11.5 Å². The predicted molar refractivity (Wildman–Crippen MR) is 95.0 cm³/mol. The summed E-state index contributed by atoms with van der Waals surface area (Å²) < 4.78 is 13.2. The monoisotopic (exact) mass is 343 g/mol. The van der Waals surface area contributed by atoms with Gasteiger partial charge >= 0.3 is 0 Å². The molecule has 1 atom stereocenters. The molecule has 1 aliphatic heterocycles. The summed E-state index contributed by atoms with van der Waals surface area (Å²) in [7, 11) is 1.89. The standard InChI is InChI=1S/C19H25N3O3/c1-12(15-6-7-17-18(10-15)25-9-5-8-24-17)20-19(23)11-16-13(2)21-22(4)14(16)3/h6-7,10,12H,5,8-9,11H2,1-4H3,(H,20,23)/t12-/m1/s1. The molecule has 0 saturated heterocycles. The van der Waals surface area contributed by atoms with Gasteiger partial charge in [0, 0.05) is 24.7 Å². The van der Waals surface area contributed by atoms with Crippen molar-refractivity contribution in [3.8, 4) is 11.5 Å². The highest BCUT2D eigenvalue weighted by Gasteiger charge is 2.17. The van der Waals surface area contributed by atoms with E-state index in [0.717, 1.165) is 40.4 Å². The van der Waals surface area contributed by atoms with E-state index in [0.29, 0.717) is 19.6 Å². The quantitative estimate of drug-likeness (QED) is 0.927. The Morgan fingerprint density at radius 3 is 2.68 bits per heavy atom. The molecule has 1 aliphatic rings. The molecule has 2 aromatic rings. The van der Waals surface area contributed by atoms with Crippen molar-refractivity contribution < 1.29 is 14.3 Å². The molecule has 0 bridgehead atoms. The van der Waals surface area contributed by atoms with Gasteiger partial charge in [0.1, 0.15) is 0 Å². The summed E-state index contributed by atoms with van der Waals surface area (Å²) in [6, 6.07) is 5.72. The van der Waals surface area contributed by atoms with Crippen molar-refractivity contribution in [1.29, 1.82) is 0 Å². The summed E-state index contributed by atoms with van der Waals surface area (Å²) in [5.41, 5.74) is 3.91. The van der Waals surface area contributed by atoms with Gasteiger partial charge in [0.2, 0.25) is 5.91 Å². The molecule has 0 saturated carbocycles. The first-order valence-corrected chi connectivity index (χ1v) is 8.63. The first kappa shape index (κ1) is 17.3. The second-order valence-corrected chi connectivity index (χ2v) is 6.50. The Morgan fingerprint density at radius 1 is 1.28 bits per heavy atom. The number of nitrogens with zero attached hydrogens (tertiary/aromatic N) is 2. The average molecular weight is 343 g/mol. The lowest BCUT2D eigenvalue weighted by atomic mass is 10.1. The van der Waals surface area contributed by atoms with E-state index in [1.807, 2.05) is 50.7 Å². The van der Waals surface area contributed by atoms with Crippen LogP contribution in [0.25, 0.3) is 0 Å². The molecular formula is C19H25N3O3. The summed E-state index contributed by atoms with van der Waals surface area (Å²) in [4.78, 5) is 12.4. The maximum Gasteiger partial charge on any atom is 0.225 e. The molecule has 3 rings (SSSR count). The van der Waals surface area contributed by atoms with Crippen LogP contribution in [0, 0.1) is 13.8 Å². The van der Waals surface area contributed by atoms with Crippen molar-refractivity contribution in [3.63, 3.8) is 0 Å². The van der Waals surface area contributed by atoms with Gasteiger partial charge in [-0.3, -0.25) is 9.48 Å². The highest BCUT2D eigenvalue weighted by molar-refractivity contribution is 5.79. The summed E-state index contributed by atoms with van der Waals surface area (Å²) in [5.74, 6) is 1.50. The normalized spacial score (nSPS) is 14.7. The number of hydrogen-bond acceptors (Lipinski definition) is 4. The Morgan fingerprint density at radius 2 is 2.00 bits per heavy atom. The fourth-order valence-corrected chi connectivity index (χ4v) is 3.06. The zero-order chi connectivity index (χ0) is 18.0. The fraction of sp³-hybridized carbons (Fsp3) is 0.474. The molecule has 1 aromatic heterocycles. The van der Waals surface area contributed by atoms with Gasteiger partial charge in [0.25, 0.3) is 0 Å². The molecule has 1 amide bonds. The highest BCUT2D eigenvalue weighted by Crippen LogP contribution is 2.32. The fourth-order valence-electron chi connectivity index (χ4n) is 3.06. The molecule has 1 aromatic carbocycles. The van der Waals surface area contributed by atoms with Gasteiger partial charge in [-0.1, -0.05) is 6.07 Å². The number of nitrogens with one attached hydrogen (secondary N) is 1.